The number of rotatable bonds is 9. The van der Waals surface area contributed by atoms with Gasteiger partial charge in [0.2, 0.25) is 5.91 Å². The van der Waals surface area contributed by atoms with Crippen LogP contribution < -0.4 is 11.2 Å². The largest absolute Gasteiger partial charge is 0.330 e. The lowest BCUT2D eigenvalue weighted by molar-refractivity contribution is -0.134. The minimum atomic E-state index is -0.0314. The maximum Gasteiger partial charge on any atom is 0.243 e. The van der Waals surface area contributed by atoms with Crippen molar-refractivity contribution in [2.45, 2.75) is 46.5 Å². The van der Waals surface area contributed by atoms with Gasteiger partial charge in [0.05, 0.1) is 6.61 Å². The van der Waals surface area contributed by atoms with Crippen LogP contribution in [0, 0.1) is 11.8 Å². The highest BCUT2D eigenvalue weighted by atomic mass is 16.6. The average Bonchev–Trinajstić information content (AvgIpc) is 2.23. The molecule has 1 unspecified atom stereocenters. The first-order chi connectivity index (χ1) is 7.60. The van der Waals surface area contributed by atoms with E-state index in [1.807, 2.05) is 13.8 Å². The van der Waals surface area contributed by atoms with Gasteiger partial charge in [0.1, 0.15) is 0 Å². The Morgan fingerprint density at radius 3 is 2.56 bits per heavy atom. The van der Waals surface area contributed by atoms with Crippen molar-refractivity contribution in [1.82, 2.24) is 5.48 Å². The van der Waals surface area contributed by atoms with Crippen molar-refractivity contribution in [2.75, 3.05) is 13.2 Å². The Morgan fingerprint density at radius 1 is 1.38 bits per heavy atom. The van der Waals surface area contributed by atoms with Gasteiger partial charge in [0.25, 0.3) is 0 Å². The van der Waals surface area contributed by atoms with Crippen molar-refractivity contribution in [3.63, 3.8) is 0 Å². The highest BCUT2D eigenvalue weighted by Gasteiger charge is 2.09. The second kappa shape index (κ2) is 9.60. The van der Waals surface area contributed by atoms with Gasteiger partial charge < -0.3 is 5.73 Å². The fourth-order valence-electron chi connectivity index (χ4n) is 1.46. The molecule has 0 fully saturated rings. The molecule has 0 aliphatic rings. The fourth-order valence-corrected chi connectivity index (χ4v) is 1.46. The summed E-state index contributed by atoms with van der Waals surface area (Å²) in [4.78, 5) is 16.4. The Bertz CT molecular complexity index is 184. The Hall–Kier alpha value is -0.610. The summed E-state index contributed by atoms with van der Waals surface area (Å²) in [6.45, 7) is 7.48. The predicted molar refractivity (Wildman–Crippen MR) is 65.6 cm³/mol. The second-order valence-corrected chi connectivity index (χ2v) is 4.62. The normalized spacial score (nSPS) is 12.8. The van der Waals surface area contributed by atoms with Crippen molar-refractivity contribution in [2.24, 2.45) is 17.6 Å². The van der Waals surface area contributed by atoms with Crippen LogP contribution >= 0.6 is 0 Å². The van der Waals surface area contributed by atoms with E-state index in [9.17, 15) is 4.79 Å². The van der Waals surface area contributed by atoms with Gasteiger partial charge in [-0.1, -0.05) is 27.2 Å². The number of amides is 1. The molecule has 3 N–H and O–H groups in total. The summed E-state index contributed by atoms with van der Waals surface area (Å²) in [6.07, 6.45) is 3.50. The van der Waals surface area contributed by atoms with Crippen molar-refractivity contribution in [3.8, 4) is 0 Å². The Morgan fingerprint density at radius 2 is 2.06 bits per heavy atom. The van der Waals surface area contributed by atoms with E-state index in [0.717, 1.165) is 19.3 Å². The number of hydroxylamine groups is 1. The molecular weight excluding hydrogens is 204 g/mol. The van der Waals surface area contributed by atoms with Gasteiger partial charge in [-0.25, -0.2) is 5.48 Å². The van der Waals surface area contributed by atoms with Gasteiger partial charge in [-0.3, -0.25) is 9.63 Å². The molecule has 0 rings (SSSR count). The maximum atomic E-state index is 11.4. The van der Waals surface area contributed by atoms with Gasteiger partial charge in [-0.15, -0.1) is 0 Å². The average molecular weight is 230 g/mol. The van der Waals surface area contributed by atoms with Crippen molar-refractivity contribution < 1.29 is 9.63 Å². The van der Waals surface area contributed by atoms with Crippen LogP contribution in [0.5, 0.6) is 0 Å². The van der Waals surface area contributed by atoms with E-state index in [2.05, 4.69) is 12.4 Å². The molecule has 0 aromatic rings. The first kappa shape index (κ1) is 15.4. The molecule has 0 spiro atoms. The van der Waals surface area contributed by atoms with Gasteiger partial charge in [-0.2, -0.15) is 0 Å². The lowest BCUT2D eigenvalue weighted by Gasteiger charge is -2.13. The number of hydrogen-bond acceptors (Lipinski definition) is 3. The first-order valence-corrected chi connectivity index (χ1v) is 6.20. The van der Waals surface area contributed by atoms with Gasteiger partial charge in [-0.05, 0) is 31.2 Å². The summed E-state index contributed by atoms with van der Waals surface area (Å²) in [5, 5.41) is 0. The van der Waals surface area contributed by atoms with E-state index in [1.54, 1.807) is 0 Å². The molecule has 0 aliphatic carbocycles. The topological polar surface area (TPSA) is 64.4 Å². The zero-order valence-electron chi connectivity index (χ0n) is 10.8. The van der Waals surface area contributed by atoms with Crippen LogP contribution in [0.3, 0.4) is 0 Å². The molecule has 1 amide bonds. The number of hydrogen-bond donors (Lipinski definition) is 2. The van der Waals surface area contributed by atoms with E-state index in [1.165, 1.54) is 0 Å². The lowest BCUT2D eigenvalue weighted by Crippen LogP contribution is -2.26. The summed E-state index contributed by atoms with van der Waals surface area (Å²) in [7, 11) is 0. The van der Waals surface area contributed by atoms with Gasteiger partial charge in [0, 0.05) is 6.42 Å². The minimum Gasteiger partial charge on any atom is -0.330 e. The highest BCUT2D eigenvalue weighted by molar-refractivity contribution is 5.74. The molecule has 0 saturated heterocycles. The SMILES string of the molecule is CCC(CCN)CCC(=O)NOCC(C)C. The number of nitrogens with one attached hydrogen (secondary N) is 1. The third kappa shape index (κ3) is 8.68. The molecule has 16 heavy (non-hydrogen) atoms. The Balaban J connectivity index is 3.55. The van der Waals surface area contributed by atoms with Crippen molar-refractivity contribution in [1.29, 1.82) is 0 Å². The third-order valence-electron chi connectivity index (χ3n) is 2.53. The standard InChI is InChI=1S/C12H26N2O2/c1-4-11(7-8-13)5-6-12(15)14-16-9-10(2)3/h10-11H,4-9,13H2,1-3H3,(H,14,15). The summed E-state index contributed by atoms with van der Waals surface area (Å²) in [5.41, 5.74) is 7.96. The van der Waals surface area contributed by atoms with E-state index in [-0.39, 0.29) is 5.91 Å². The van der Waals surface area contributed by atoms with Crippen molar-refractivity contribution in [3.05, 3.63) is 0 Å². The molecule has 0 saturated carbocycles. The van der Waals surface area contributed by atoms with Crippen LogP contribution in [0.25, 0.3) is 0 Å². The smallest absolute Gasteiger partial charge is 0.243 e. The number of carbonyl (C=O) groups excluding carboxylic acids is 1. The monoisotopic (exact) mass is 230 g/mol. The molecule has 0 bridgehead atoms. The summed E-state index contributed by atoms with van der Waals surface area (Å²) >= 11 is 0. The van der Waals surface area contributed by atoms with Crippen LogP contribution in [0.15, 0.2) is 0 Å². The van der Waals surface area contributed by atoms with E-state index in [4.69, 9.17) is 10.6 Å². The lowest BCUT2D eigenvalue weighted by atomic mass is 9.97. The molecular formula is C12H26N2O2. The number of nitrogens with two attached hydrogens (primary N) is 1. The predicted octanol–water partition coefficient (Wildman–Crippen LogP) is 1.85. The molecule has 0 radical (unpaired) electrons. The molecule has 0 aliphatic heterocycles. The zero-order chi connectivity index (χ0) is 12.4. The highest BCUT2D eigenvalue weighted by Crippen LogP contribution is 2.14. The summed E-state index contributed by atoms with van der Waals surface area (Å²) in [5.74, 6) is 0.956. The maximum absolute atomic E-state index is 11.4. The van der Waals surface area contributed by atoms with Crippen LogP contribution in [0.2, 0.25) is 0 Å². The van der Waals surface area contributed by atoms with E-state index >= 15 is 0 Å². The molecule has 4 nitrogen and oxygen atoms in total. The number of carbonyl (C=O) groups is 1. The second-order valence-electron chi connectivity index (χ2n) is 4.62. The molecule has 0 aromatic carbocycles. The Kier molecular flexibility index (Phi) is 9.24. The van der Waals surface area contributed by atoms with Crippen LogP contribution in [-0.4, -0.2) is 19.1 Å². The van der Waals surface area contributed by atoms with Gasteiger partial charge in [0.15, 0.2) is 0 Å². The van der Waals surface area contributed by atoms with Crippen LogP contribution in [0.4, 0.5) is 0 Å². The summed E-state index contributed by atoms with van der Waals surface area (Å²) in [6, 6.07) is 0. The van der Waals surface area contributed by atoms with Gasteiger partial charge >= 0.3 is 0 Å². The molecule has 0 aromatic heterocycles. The quantitative estimate of drug-likeness (QED) is 0.594. The summed E-state index contributed by atoms with van der Waals surface area (Å²) < 4.78 is 0. The van der Waals surface area contributed by atoms with E-state index < -0.39 is 0 Å². The fraction of sp³-hybridized carbons (Fsp3) is 0.917. The van der Waals surface area contributed by atoms with Crippen LogP contribution in [-0.2, 0) is 9.63 Å². The molecule has 1 atom stereocenters. The molecule has 4 heteroatoms. The minimum absolute atomic E-state index is 0.0314. The van der Waals surface area contributed by atoms with Crippen molar-refractivity contribution >= 4 is 5.91 Å². The zero-order valence-corrected chi connectivity index (χ0v) is 10.8. The Labute approximate surface area is 98.9 Å². The van der Waals surface area contributed by atoms with E-state index in [0.29, 0.717) is 31.4 Å². The molecule has 96 valence electrons. The first-order valence-electron chi connectivity index (χ1n) is 6.20. The van der Waals surface area contributed by atoms with Crippen LogP contribution in [0.1, 0.15) is 46.5 Å². The third-order valence-corrected chi connectivity index (χ3v) is 2.53. The molecule has 0 heterocycles.